The number of carbonyl (C=O) groups is 2. The summed E-state index contributed by atoms with van der Waals surface area (Å²) in [6, 6.07) is 22.9. The number of amidine groups is 1. The van der Waals surface area contributed by atoms with Gasteiger partial charge in [0.2, 0.25) is 5.91 Å². The van der Waals surface area contributed by atoms with E-state index in [1.165, 1.54) is 11.8 Å². The third-order valence-corrected chi connectivity index (χ3v) is 7.65. The fraction of sp³-hybridized carbons (Fsp3) is 0.273. The molecule has 2 aromatic carbocycles. The molecule has 0 radical (unpaired) electrons. The van der Waals surface area contributed by atoms with E-state index in [0.717, 1.165) is 22.5 Å². The number of hydrogen-bond acceptors (Lipinski definition) is 8. The lowest BCUT2D eigenvalue weighted by atomic mass is 9.93. The molecule has 1 N–H and O–H groups in total. The summed E-state index contributed by atoms with van der Waals surface area (Å²) in [6.07, 6.45) is 2.23. The Labute approximate surface area is 250 Å². The van der Waals surface area contributed by atoms with Gasteiger partial charge in [-0.2, -0.15) is 0 Å². The first-order valence-corrected chi connectivity index (χ1v) is 14.9. The highest BCUT2D eigenvalue weighted by Crippen LogP contribution is 2.45. The van der Waals surface area contributed by atoms with Gasteiger partial charge in [-0.1, -0.05) is 60.3 Å². The van der Waals surface area contributed by atoms with Crippen LogP contribution in [-0.4, -0.2) is 39.6 Å². The summed E-state index contributed by atoms with van der Waals surface area (Å²) in [5.74, 6) is 0.136. The maximum absolute atomic E-state index is 13.5. The van der Waals surface area contributed by atoms with Gasteiger partial charge in [0, 0.05) is 30.6 Å². The van der Waals surface area contributed by atoms with Gasteiger partial charge < -0.3 is 19.7 Å². The third kappa shape index (κ3) is 7.09. The molecule has 0 saturated heterocycles. The number of fused-ring (bicyclic) bond motifs is 1. The van der Waals surface area contributed by atoms with Crippen molar-refractivity contribution in [3.63, 3.8) is 0 Å². The molecule has 216 valence electrons. The molecule has 1 aromatic heterocycles. The van der Waals surface area contributed by atoms with E-state index in [-0.39, 0.29) is 18.4 Å². The molecule has 1 unspecified atom stereocenters. The molecule has 0 spiro atoms. The largest absolute Gasteiger partial charge is 0.489 e. The summed E-state index contributed by atoms with van der Waals surface area (Å²) in [5.41, 5.74) is 4.61. The fourth-order valence-corrected chi connectivity index (χ4v) is 5.81. The summed E-state index contributed by atoms with van der Waals surface area (Å²) >= 11 is 1.45. The fourth-order valence-electron chi connectivity index (χ4n) is 4.84. The van der Waals surface area contributed by atoms with Crippen molar-refractivity contribution in [3.8, 4) is 5.75 Å². The number of benzene rings is 2. The van der Waals surface area contributed by atoms with Crippen LogP contribution >= 0.6 is 11.8 Å². The summed E-state index contributed by atoms with van der Waals surface area (Å²) in [5, 5.41) is 5.65. The average Bonchev–Trinajstić information content (AvgIpc) is 3.37. The number of thioether (sulfide) groups is 1. The highest BCUT2D eigenvalue weighted by Gasteiger charge is 2.41. The van der Waals surface area contributed by atoms with Gasteiger partial charge in [0.15, 0.2) is 5.17 Å². The Kier molecular flexibility index (Phi) is 9.38. The molecule has 3 aromatic rings. The van der Waals surface area contributed by atoms with Crippen LogP contribution in [-0.2, 0) is 27.4 Å². The topological polar surface area (TPSA) is 93.1 Å². The van der Waals surface area contributed by atoms with E-state index in [1.807, 2.05) is 104 Å². The number of aromatic nitrogens is 1. The lowest BCUT2D eigenvalue weighted by molar-refractivity contribution is -0.143. The van der Waals surface area contributed by atoms with Crippen LogP contribution < -0.4 is 10.1 Å². The molecule has 8 nitrogen and oxygen atoms in total. The minimum absolute atomic E-state index is 0.115. The predicted octanol–water partition coefficient (Wildman–Crippen LogP) is 5.94. The first kappa shape index (κ1) is 29.1. The highest BCUT2D eigenvalue weighted by molar-refractivity contribution is 8.16. The van der Waals surface area contributed by atoms with Crippen molar-refractivity contribution in [1.29, 1.82) is 0 Å². The van der Waals surface area contributed by atoms with E-state index in [9.17, 15) is 9.59 Å². The molecule has 0 bridgehead atoms. The van der Waals surface area contributed by atoms with Crippen molar-refractivity contribution >= 4 is 28.8 Å². The van der Waals surface area contributed by atoms with Gasteiger partial charge in [-0.05, 0) is 61.6 Å². The number of rotatable bonds is 11. The normalized spacial score (nSPS) is 16.1. The molecule has 9 heteroatoms. The SMILES string of the molecule is CC1=C(C(=O)OC(C)C)C(c2cccc(OCc3ccccc3)c2)N2C(CC(=O)NCCc3ccccn3)=CSC2=N1. The van der Waals surface area contributed by atoms with Crippen LogP contribution in [0.3, 0.4) is 0 Å². The van der Waals surface area contributed by atoms with E-state index in [1.54, 1.807) is 6.20 Å². The van der Waals surface area contributed by atoms with Crippen LogP contribution in [0.2, 0.25) is 0 Å². The molecule has 3 heterocycles. The molecule has 0 fully saturated rings. The molecule has 1 amide bonds. The number of ether oxygens (including phenoxy) is 2. The zero-order valence-corrected chi connectivity index (χ0v) is 24.8. The Hall–Kier alpha value is -4.37. The van der Waals surface area contributed by atoms with E-state index in [2.05, 4.69) is 10.3 Å². The van der Waals surface area contributed by atoms with Gasteiger partial charge in [0.05, 0.1) is 29.8 Å². The van der Waals surface area contributed by atoms with Gasteiger partial charge >= 0.3 is 5.97 Å². The van der Waals surface area contributed by atoms with E-state index >= 15 is 0 Å². The second-order valence-electron chi connectivity index (χ2n) is 10.3. The second-order valence-corrected chi connectivity index (χ2v) is 11.1. The Bertz CT molecular complexity index is 1520. The van der Waals surface area contributed by atoms with Crippen LogP contribution in [0.1, 0.15) is 50.1 Å². The quantitative estimate of drug-likeness (QED) is 0.280. The van der Waals surface area contributed by atoms with Gasteiger partial charge in [-0.3, -0.25) is 9.78 Å². The molecular formula is C33H34N4O4S. The minimum Gasteiger partial charge on any atom is -0.489 e. The number of allylic oxidation sites excluding steroid dienone is 1. The lowest BCUT2D eigenvalue weighted by Gasteiger charge is -2.36. The summed E-state index contributed by atoms with van der Waals surface area (Å²) in [7, 11) is 0. The lowest BCUT2D eigenvalue weighted by Crippen LogP contribution is -2.38. The van der Waals surface area contributed by atoms with Gasteiger partial charge in [0.1, 0.15) is 12.4 Å². The molecule has 42 heavy (non-hydrogen) atoms. The monoisotopic (exact) mass is 582 g/mol. The van der Waals surface area contributed by atoms with Crippen LogP contribution in [0.5, 0.6) is 5.75 Å². The molecule has 2 aliphatic rings. The number of nitrogens with one attached hydrogen (secondary N) is 1. The molecular weight excluding hydrogens is 548 g/mol. The van der Waals surface area contributed by atoms with Crippen LogP contribution in [0.25, 0.3) is 0 Å². The van der Waals surface area contributed by atoms with Gasteiger partial charge in [-0.15, -0.1) is 0 Å². The Balaban J connectivity index is 1.39. The standard InChI is InChI=1S/C33H34N4O4S/c1-22(2)41-32(39)30-23(3)36-33-37(27(21-42-33)19-29(38)35-17-15-26-13-7-8-16-34-26)31(30)25-12-9-14-28(18-25)40-20-24-10-5-4-6-11-24/h4-14,16,18,21-22,31H,15,17,19-20H2,1-3H3,(H,35,38). The summed E-state index contributed by atoms with van der Waals surface area (Å²) < 4.78 is 11.8. The maximum atomic E-state index is 13.5. The van der Waals surface area contributed by atoms with Crippen molar-refractivity contribution < 1.29 is 19.1 Å². The summed E-state index contributed by atoms with van der Waals surface area (Å²) in [6.45, 7) is 6.37. The Morgan fingerprint density at radius 3 is 2.62 bits per heavy atom. The highest BCUT2D eigenvalue weighted by atomic mass is 32.2. The zero-order chi connectivity index (χ0) is 29.5. The van der Waals surface area contributed by atoms with Crippen LogP contribution in [0.15, 0.2) is 106 Å². The Morgan fingerprint density at radius 2 is 1.86 bits per heavy atom. The second kappa shape index (κ2) is 13.5. The molecule has 0 saturated carbocycles. The predicted molar refractivity (Wildman–Crippen MR) is 164 cm³/mol. The van der Waals surface area contributed by atoms with E-state index in [0.29, 0.717) is 41.8 Å². The van der Waals surface area contributed by atoms with Crippen molar-refractivity contribution in [2.45, 2.75) is 52.4 Å². The number of carbonyl (C=O) groups excluding carboxylic acids is 2. The van der Waals surface area contributed by atoms with E-state index in [4.69, 9.17) is 14.5 Å². The average molecular weight is 583 g/mol. The van der Waals surface area contributed by atoms with Gasteiger partial charge in [-0.25, -0.2) is 9.79 Å². The smallest absolute Gasteiger partial charge is 0.338 e. The van der Waals surface area contributed by atoms with E-state index < -0.39 is 12.0 Å². The van der Waals surface area contributed by atoms with Gasteiger partial charge in [0.25, 0.3) is 0 Å². The zero-order valence-electron chi connectivity index (χ0n) is 23.9. The number of amides is 1. The van der Waals surface area contributed by atoms with Crippen LogP contribution in [0, 0.1) is 0 Å². The van der Waals surface area contributed by atoms with Crippen LogP contribution in [0.4, 0.5) is 0 Å². The van der Waals surface area contributed by atoms with Crippen molar-refractivity contribution in [2.24, 2.45) is 4.99 Å². The molecule has 1 atom stereocenters. The third-order valence-electron chi connectivity index (χ3n) is 6.76. The van der Waals surface area contributed by atoms with Crippen molar-refractivity contribution in [3.05, 3.63) is 118 Å². The number of hydrogen-bond donors (Lipinski definition) is 1. The number of aliphatic imine (C=N–C) groups is 1. The van der Waals surface area contributed by atoms with Crippen molar-refractivity contribution in [2.75, 3.05) is 6.54 Å². The molecule has 2 aliphatic heterocycles. The molecule has 0 aliphatic carbocycles. The summed E-state index contributed by atoms with van der Waals surface area (Å²) in [4.78, 5) is 37.5. The minimum atomic E-state index is -0.536. The molecule has 5 rings (SSSR count). The first-order valence-electron chi connectivity index (χ1n) is 14.0. The number of esters is 1. The number of pyridine rings is 1. The number of nitrogens with zero attached hydrogens (tertiary/aromatic N) is 3. The Morgan fingerprint density at radius 1 is 1.05 bits per heavy atom. The maximum Gasteiger partial charge on any atom is 0.338 e. The first-order chi connectivity index (χ1) is 20.4. The van der Waals surface area contributed by atoms with Crippen molar-refractivity contribution in [1.82, 2.24) is 15.2 Å².